The molecule has 2 atom stereocenters. The highest BCUT2D eigenvalue weighted by Gasteiger charge is 2.24. The Morgan fingerprint density at radius 3 is 2.89 bits per heavy atom. The molecule has 0 spiro atoms. The maximum absolute atomic E-state index is 12.0. The van der Waals surface area contributed by atoms with Crippen LogP contribution in [0.2, 0.25) is 0 Å². The second-order valence-electron chi connectivity index (χ2n) is 4.62. The molecule has 1 aliphatic rings. The number of nitriles is 1. The number of carbonyl (C=O) groups is 1. The molecule has 18 heavy (non-hydrogen) atoms. The van der Waals surface area contributed by atoms with Gasteiger partial charge in [0.2, 0.25) is 0 Å². The van der Waals surface area contributed by atoms with E-state index in [1.807, 2.05) is 6.07 Å². The topological polar surface area (TPSA) is 73.1 Å². The van der Waals surface area contributed by atoms with Crippen LogP contribution in [-0.2, 0) is 0 Å². The lowest BCUT2D eigenvalue weighted by atomic mass is 9.92. The van der Waals surface area contributed by atoms with Crippen molar-refractivity contribution in [2.24, 2.45) is 0 Å². The van der Waals surface area contributed by atoms with Crippen LogP contribution in [-0.4, -0.2) is 23.2 Å². The molecule has 0 aromatic heterocycles. The molecule has 2 N–H and O–H groups in total. The van der Waals surface area contributed by atoms with Gasteiger partial charge in [0.1, 0.15) is 0 Å². The number of nitrogens with one attached hydrogen (secondary N) is 1. The predicted octanol–water partition coefficient (Wildman–Crippen LogP) is 1.59. The minimum Gasteiger partial charge on any atom is -0.391 e. The quantitative estimate of drug-likeness (QED) is 0.829. The van der Waals surface area contributed by atoms with E-state index in [4.69, 9.17) is 5.26 Å². The molecule has 0 radical (unpaired) electrons. The monoisotopic (exact) mass is 244 g/mol. The van der Waals surface area contributed by atoms with Crippen LogP contribution in [0.4, 0.5) is 0 Å². The zero-order chi connectivity index (χ0) is 13.0. The van der Waals surface area contributed by atoms with E-state index in [0.717, 1.165) is 25.7 Å². The van der Waals surface area contributed by atoms with Crippen molar-refractivity contribution in [3.05, 3.63) is 35.4 Å². The molecule has 0 aliphatic heterocycles. The average molecular weight is 244 g/mol. The largest absolute Gasteiger partial charge is 0.391 e. The highest BCUT2D eigenvalue weighted by molar-refractivity contribution is 5.94. The third-order valence-corrected chi connectivity index (χ3v) is 3.30. The number of rotatable bonds is 2. The smallest absolute Gasteiger partial charge is 0.251 e. The van der Waals surface area contributed by atoms with Crippen LogP contribution in [0.3, 0.4) is 0 Å². The van der Waals surface area contributed by atoms with E-state index in [9.17, 15) is 9.90 Å². The zero-order valence-corrected chi connectivity index (χ0v) is 10.1. The van der Waals surface area contributed by atoms with Crippen molar-refractivity contribution in [1.29, 1.82) is 5.26 Å². The molecule has 2 unspecified atom stereocenters. The van der Waals surface area contributed by atoms with Gasteiger partial charge < -0.3 is 10.4 Å². The summed E-state index contributed by atoms with van der Waals surface area (Å²) in [6.45, 7) is 0. The van der Waals surface area contributed by atoms with Gasteiger partial charge in [-0.05, 0) is 31.0 Å². The summed E-state index contributed by atoms with van der Waals surface area (Å²) in [6.07, 6.45) is 3.13. The third kappa shape index (κ3) is 2.88. The number of aliphatic hydroxyl groups is 1. The van der Waals surface area contributed by atoms with Crippen molar-refractivity contribution < 1.29 is 9.90 Å². The van der Waals surface area contributed by atoms with Crippen molar-refractivity contribution in [1.82, 2.24) is 5.32 Å². The number of aliphatic hydroxyl groups excluding tert-OH is 1. The molecular formula is C14H16N2O2. The summed E-state index contributed by atoms with van der Waals surface area (Å²) in [7, 11) is 0. The molecule has 1 aliphatic carbocycles. The molecule has 94 valence electrons. The fraction of sp³-hybridized carbons (Fsp3) is 0.429. The summed E-state index contributed by atoms with van der Waals surface area (Å²) in [5.41, 5.74) is 0.929. The van der Waals surface area contributed by atoms with Gasteiger partial charge in [-0.25, -0.2) is 0 Å². The van der Waals surface area contributed by atoms with E-state index in [1.165, 1.54) is 0 Å². The van der Waals surface area contributed by atoms with Gasteiger partial charge in [-0.3, -0.25) is 4.79 Å². The van der Waals surface area contributed by atoms with Gasteiger partial charge in [0.05, 0.1) is 23.8 Å². The highest BCUT2D eigenvalue weighted by Crippen LogP contribution is 2.18. The van der Waals surface area contributed by atoms with Gasteiger partial charge in [0.15, 0.2) is 0 Å². The van der Waals surface area contributed by atoms with Crippen LogP contribution in [0, 0.1) is 11.3 Å². The SMILES string of the molecule is N#Cc1cccc(C(=O)NC2CCCCC2O)c1. The highest BCUT2D eigenvalue weighted by atomic mass is 16.3. The van der Waals surface area contributed by atoms with Gasteiger partial charge in [0, 0.05) is 5.56 Å². The number of hydrogen-bond donors (Lipinski definition) is 2. The predicted molar refractivity (Wildman–Crippen MR) is 66.9 cm³/mol. The molecule has 1 aromatic rings. The van der Waals surface area contributed by atoms with E-state index in [0.29, 0.717) is 11.1 Å². The first-order valence-corrected chi connectivity index (χ1v) is 6.20. The standard InChI is InChI=1S/C14H16N2O2/c15-9-10-4-3-5-11(8-10)14(18)16-12-6-1-2-7-13(12)17/h3-5,8,12-13,17H,1-2,6-7H2,(H,16,18). The van der Waals surface area contributed by atoms with E-state index in [1.54, 1.807) is 24.3 Å². The Morgan fingerprint density at radius 1 is 1.39 bits per heavy atom. The normalized spacial score (nSPS) is 23.1. The third-order valence-electron chi connectivity index (χ3n) is 3.30. The van der Waals surface area contributed by atoms with Crippen molar-refractivity contribution in [2.75, 3.05) is 0 Å². The summed E-state index contributed by atoms with van der Waals surface area (Å²) in [6, 6.07) is 8.41. The molecule has 4 heteroatoms. The number of nitrogens with zero attached hydrogens (tertiary/aromatic N) is 1. The molecule has 0 saturated heterocycles. The second kappa shape index (κ2) is 5.65. The lowest BCUT2D eigenvalue weighted by Gasteiger charge is -2.28. The van der Waals surface area contributed by atoms with Crippen molar-refractivity contribution in [3.63, 3.8) is 0 Å². The van der Waals surface area contributed by atoms with E-state index < -0.39 is 6.10 Å². The first-order chi connectivity index (χ1) is 8.70. The molecule has 1 amide bonds. The lowest BCUT2D eigenvalue weighted by molar-refractivity contribution is 0.0717. The maximum atomic E-state index is 12.0. The Hall–Kier alpha value is -1.86. The van der Waals surface area contributed by atoms with Gasteiger partial charge in [-0.15, -0.1) is 0 Å². The number of amides is 1. The Labute approximate surface area is 106 Å². The van der Waals surface area contributed by atoms with Crippen molar-refractivity contribution in [2.45, 2.75) is 37.8 Å². The Morgan fingerprint density at radius 2 is 2.17 bits per heavy atom. The molecule has 2 rings (SSSR count). The lowest BCUT2D eigenvalue weighted by Crippen LogP contribution is -2.45. The summed E-state index contributed by atoms with van der Waals surface area (Å²) < 4.78 is 0. The molecule has 0 bridgehead atoms. The van der Waals surface area contributed by atoms with E-state index >= 15 is 0 Å². The zero-order valence-electron chi connectivity index (χ0n) is 10.1. The summed E-state index contributed by atoms with van der Waals surface area (Å²) in [5.74, 6) is -0.224. The minimum absolute atomic E-state index is 0.169. The van der Waals surface area contributed by atoms with Crippen molar-refractivity contribution in [3.8, 4) is 6.07 Å². The van der Waals surface area contributed by atoms with Gasteiger partial charge >= 0.3 is 0 Å². The fourth-order valence-electron chi connectivity index (χ4n) is 2.26. The molecule has 1 aromatic carbocycles. The number of benzene rings is 1. The van der Waals surface area contributed by atoms with Crippen LogP contribution < -0.4 is 5.32 Å². The van der Waals surface area contributed by atoms with Crippen LogP contribution in [0.15, 0.2) is 24.3 Å². The Balaban J connectivity index is 2.05. The van der Waals surface area contributed by atoms with Gasteiger partial charge in [0.25, 0.3) is 5.91 Å². The van der Waals surface area contributed by atoms with Crippen molar-refractivity contribution >= 4 is 5.91 Å². The summed E-state index contributed by atoms with van der Waals surface area (Å²) in [5, 5.41) is 21.4. The average Bonchev–Trinajstić information content (AvgIpc) is 2.41. The second-order valence-corrected chi connectivity index (χ2v) is 4.62. The van der Waals surface area contributed by atoms with Gasteiger partial charge in [-0.2, -0.15) is 5.26 Å². The first kappa shape index (κ1) is 12.6. The molecular weight excluding hydrogens is 228 g/mol. The van der Waals surface area contributed by atoms with E-state index in [-0.39, 0.29) is 11.9 Å². The van der Waals surface area contributed by atoms with Crippen LogP contribution in [0.1, 0.15) is 41.6 Å². The number of hydrogen-bond acceptors (Lipinski definition) is 3. The molecule has 1 saturated carbocycles. The molecule has 1 fully saturated rings. The first-order valence-electron chi connectivity index (χ1n) is 6.20. The van der Waals surface area contributed by atoms with Crippen LogP contribution in [0.25, 0.3) is 0 Å². The Bertz CT molecular complexity index is 479. The van der Waals surface area contributed by atoms with Crippen LogP contribution in [0.5, 0.6) is 0 Å². The number of carbonyl (C=O) groups excluding carboxylic acids is 1. The minimum atomic E-state index is -0.457. The Kier molecular flexibility index (Phi) is 3.96. The summed E-state index contributed by atoms with van der Waals surface area (Å²) in [4.78, 5) is 12.0. The van der Waals surface area contributed by atoms with Gasteiger partial charge in [-0.1, -0.05) is 18.9 Å². The molecule has 0 heterocycles. The maximum Gasteiger partial charge on any atom is 0.251 e. The summed E-state index contributed by atoms with van der Waals surface area (Å²) >= 11 is 0. The van der Waals surface area contributed by atoms with Crippen LogP contribution >= 0.6 is 0 Å². The fourth-order valence-corrected chi connectivity index (χ4v) is 2.26. The van der Waals surface area contributed by atoms with E-state index in [2.05, 4.69) is 5.32 Å². The molecule has 4 nitrogen and oxygen atoms in total.